The van der Waals surface area contributed by atoms with Gasteiger partial charge in [-0.25, -0.2) is 4.98 Å². The van der Waals surface area contributed by atoms with Crippen molar-refractivity contribution in [3.8, 4) is 0 Å². The Morgan fingerprint density at radius 3 is 3.20 bits per heavy atom. The van der Waals surface area contributed by atoms with Crippen LogP contribution in [0.4, 0.5) is 0 Å². The molecule has 0 amide bonds. The van der Waals surface area contributed by atoms with Gasteiger partial charge in [-0.3, -0.25) is 9.36 Å². The molecule has 2 aromatic heterocycles. The van der Waals surface area contributed by atoms with Crippen LogP contribution in [0.5, 0.6) is 0 Å². The molecule has 0 bridgehead atoms. The molecule has 4 nitrogen and oxygen atoms in total. The Bertz CT molecular complexity index is 517. The Morgan fingerprint density at radius 2 is 2.47 bits per heavy atom. The highest BCUT2D eigenvalue weighted by molar-refractivity contribution is 7.16. The average Bonchev–Trinajstić information content (AvgIpc) is 2.70. The molecule has 2 aromatic rings. The molecule has 0 fully saturated rings. The van der Waals surface area contributed by atoms with Gasteiger partial charge in [0, 0.05) is 6.54 Å². The second-order valence-corrected chi connectivity index (χ2v) is 4.58. The molecule has 1 atom stereocenters. The monoisotopic (exact) mass is 223 g/mol. The SMILES string of the molecule is CC(CN)Cn1cnc2sccc2c1=O. The summed E-state index contributed by atoms with van der Waals surface area (Å²) < 4.78 is 1.63. The fourth-order valence-corrected chi connectivity index (χ4v) is 2.16. The van der Waals surface area contributed by atoms with Gasteiger partial charge in [-0.2, -0.15) is 0 Å². The van der Waals surface area contributed by atoms with Crippen LogP contribution in [0.1, 0.15) is 6.92 Å². The number of hydrogen-bond acceptors (Lipinski definition) is 4. The van der Waals surface area contributed by atoms with E-state index in [4.69, 9.17) is 5.73 Å². The van der Waals surface area contributed by atoms with E-state index in [1.165, 1.54) is 11.3 Å². The quantitative estimate of drug-likeness (QED) is 0.846. The fraction of sp³-hybridized carbons (Fsp3) is 0.400. The van der Waals surface area contributed by atoms with Gasteiger partial charge in [0.1, 0.15) is 4.83 Å². The van der Waals surface area contributed by atoms with Crippen LogP contribution >= 0.6 is 11.3 Å². The summed E-state index contributed by atoms with van der Waals surface area (Å²) in [6.07, 6.45) is 1.60. The van der Waals surface area contributed by atoms with E-state index in [0.717, 1.165) is 4.83 Å². The van der Waals surface area contributed by atoms with Gasteiger partial charge in [-0.15, -0.1) is 11.3 Å². The maximum atomic E-state index is 11.9. The van der Waals surface area contributed by atoms with Crippen LogP contribution in [0.25, 0.3) is 10.2 Å². The lowest BCUT2D eigenvalue weighted by Gasteiger charge is -2.10. The molecule has 2 heterocycles. The van der Waals surface area contributed by atoms with Crippen molar-refractivity contribution in [1.29, 1.82) is 0 Å². The molecule has 0 saturated heterocycles. The van der Waals surface area contributed by atoms with Gasteiger partial charge in [0.05, 0.1) is 11.7 Å². The third kappa shape index (κ3) is 1.93. The van der Waals surface area contributed by atoms with Crippen molar-refractivity contribution < 1.29 is 0 Å². The van der Waals surface area contributed by atoms with Crippen LogP contribution in [-0.4, -0.2) is 16.1 Å². The molecule has 0 aliphatic rings. The van der Waals surface area contributed by atoms with Gasteiger partial charge >= 0.3 is 0 Å². The molecule has 15 heavy (non-hydrogen) atoms. The van der Waals surface area contributed by atoms with Crippen molar-refractivity contribution in [2.24, 2.45) is 11.7 Å². The van der Waals surface area contributed by atoms with Crippen molar-refractivity contribution in [2.45, 2.75) is 13.5 Å². The number of nitrogens with zero attached hydrogens (tertiary/aromatic N) is 2. The zero-order chi connectivity index (χ0) is 10.8. The third-order valence-corrected chi connectivity index (χ3v) is 3.18. The first kappa shape index (κ1) is 10.3. The van der Waals surface area contributed by atoms with Crippen LogP contribution in [-0.2, 0) is 6.54 Å². The van der Waals surface area contributed by atoms with Crippen molar-refractivity contribution in [3.63, 3.8) is 0 Å². The van der Waals surface area contributed by atoms with Gasteiger partial charge in [-0.05, 0) is 23.9 Å². The van der Waals surface area contributed by atoms with Crippen LogP contribution < -0.4 is 11.3 Å². The summed E-state index contributed by atoms with van der Waals surface area (Å²) in [6, 6.07) is 1.82. The summed E-state index contributed by atoms with van der Waals surface area (Å²) in [5.41, 5.74) is 5.56. The van der Waals surface area contributed by atoms with Crippen molar-refractivity contribution in [3.05, 3.63) is 28.1 Å². The molecular weight excluding hydrogens is 210 g/mol. The molecular formula is C10H13N3OS. The lowest BCUT2D eigenvalue weighted by atomic mass is 10.2. The molecule has 2 N–H and O–H groups in total. The first-order valence-corrected chi connectivity index (χ1v) is 5.73. The molecule has 0 aliphatic carbocycles. The Kier molecular flexibility index (Phi) is 2.83. The molecule has 0 radical (unpaired) electrons. The predicted octanol–water partition coefficient (Wildman–Crippen LogP) is 1.05. The Morgan fingerprint density at radius 1 is 1.67 bits per heavy atom. The van der Waals surface area contributed by atoms with E-state index in [-0.39, 0.29) is 5.56 Å². The average molecular weight is 223 g/mol. The summed E-state index contributed by atoms with van der Waals surface area (Å²) in [7, 11) is 0. The van der Waals surface area contributed by atoms with Gasteiger partial charge in [0.25, 0.3) is 5.56 Å². The second kappa shape index (κ2) is 4.12. The maximum Gasteiger partial charge on any atom is 0.262 e. The summed E-state index contributed by atoms with van der Waals surface area (Å²) in [5.74, 6) is 0.292. The molecule has 0 aliphatic heterocycles. The molecule has 2 rings (SSSR count). The summed E-state index contributed by atoms with van der Waals surface area (Å²) in [4.78, 5) is 17.0. The highest BCUT2D eigenvalue weighted by Gasteiger charge is 2.07. The third-order valence-electron chi connectivity index (χ3n) is 2.36. The van der Waals surface area contributed by atoms with Gasteiger partial charge in [0.15, 0.2) is 0 Å². The number of hydrogen-bond donors (Lipinski definition) is 1. The summed E-state index contributed by atoms with van der Waals surface area (Å²) in [5, 5.41) is 2.59. The van der Waals surface area contributed by atoms with Crippen molar-refractivity contribution >= 4 is 21.6 Å². The molecule has 80 valence electrons. The van der Waals surface area contributed by atoms with Crippen molar-refractivity contribution in [1.82, 2.24) is 9.55 Å². The Hall–Kier alpha value is -1.20. The minimum absolute atomic E-state index is 0.0292. The van der Waals surface area contributed by atoms with Crippen LogP contribution in [0.3, 0.4) is 0 Å². The molecule has 0 spiro atoms. The largest absolute Gasteiger partial charge is 0.330 e. The van der Waals surface area contributed by atoms with Gasteiger partial charge in [-0.1, -0.05) is 6.92 Å². The highest BCUT2D eigenvalue weighted by atomic mass is 32.1. The fourth-order valence-electron chi connectivity index (χ4n) is 1.43. The lowest BCUT2D eigenvalue weighted by Crippen LogP contribution is -2.26. The molecule has 1 unspecified atom stereocenters. The zero-order valence-corrected chi connectivity index (χ0v) is 9.33. The van der Waals surface area contributed by atoms with E-state index in [1.54, 1.807) is 10.9 Å². The smallest absolute Gasteiger partial charge is 0.262 e. The maximum absolute atomic E-state index is 11.9. The van der Waals surface area contributed by atoms with Crippen LogP contribution in [0.2, 0.25) is 0 Å². The second-order valence-electron chi connectivity index (χ2n) is 3.68. The van der Waals surface area contributed by atoms with Crippen LogP contribution in [0.15, 0.2) is 22.6 Å². The number of aromatic nitrogens is 2. The van der Waals surface area contributed by atoms with E-state index < -0.39 is 0 Å². The standard InChI is InChI=1S/C10H13N3OS/c1-7(4-11)5-13-6-12-9-8(10(13)14)2-3-15-9/h2-3,6-7H,4-5,11H2,1H3. The summed E-state index contributed by atoms with van der Waals surface area (Å²) >= 11 is 1.49. The number of fused-ring (bicyclic) bond motifs is 1. The number of rotatable bonds is 3. The Balaban J connectivity index is 2.44. The Labute approximate surface area is 91.4 Å². The van der Waals surface area contributed by atoms with Crippen LogP contribution in [0, 0.1) is 5.92 Å². The first-order chi connectivity index (χ1) is 7.22. The normalized spacial score (nSPS) is 13.2. The van der Waals surface area contributed by atoms with Gasteiger partial charge in [0.2, 0.25) is 0 Å². The minimum atomic E-state index is 0.0292. The van der Waals surface area contributed by atoms with E-state index >= 15 is 0 Å². The highest BCUT2D eigenvalue weighted by Crippen LogP contribution is 2.13. The zero-order valence-electron chi connectivity index (χ0n) is 8.51. The molecule has 0 saturated carbocycles. The van der Waals surface area contributed by atoms with E-state index in [2.05, 4.69) is 4.98 Å². The first-order valence-electron chi connectivity index (χ1n) is 4.85. The van der Waals surface area contributed by atoms with Crippen molar-refractivity contribution in [2.75, 3.05) is 6.54 Å². The van der Waals surface area contributed by atoms with E-state index in [1.807, 2.05) is 18.4 Å². The molecule has 5 heteroatoms. The number of nitrogens with two attached hydrogens (primary N) is 1. The topological polar surface area (TPSA) is 60.9 Å². The minimum Gasteiger partial charge on any atom is -0.330 e. The number of thiophene rings is 1. The van der Waals surface area contributed by atoms with E-state index in [9.17, 15) is 4.79 Å². The summed E-state index contributed by atoms with van der Waals surface area (Å²) in [6.45, 7) is 3.23. The predicted molar refractivity (Wildman–Crippen MR) is 62.1 cm³/mol. The van der Waals surface area contributed by atoms with E-state index in [0.29, 0.717) is 24.4 Å². The van der Waals surface area contributed by atoms with Gasteiger partial charge < -0.3 is 5.73 Å². The lowest BCUT2D eigenvalue weighted by molar-refractivity contribution is 0.480. The molecule has 0 aromatic carbocycles.